The molecule has 5 rings (SSSR count). The smallest absolute Gasteiger partial charge is 0.311 e. The molecule has 6 nitrogen and oxygen atoms in total. The fraction of sp³-hybridized carbons (Fsp3) is 0.692. The Morgan fingerprint density at radius 2 is 2.12 bits per heavy atom. The van der Waals surface area contributed by atoms with Crippen molar-refractivity contribution in [1.29, 1.82) is 0 Å². The number of pyridine rings is 1. The molecule has 1 aromatic rings. The van der Waals surface area contributed by atoms with Gasteiger partial charge in [0, 0.05) is 37.9 Å². The summed E-state index contributed by atoms with van der Waals surface area (Å²) < 4.78 is 18.2. The summed E-state index contributed by atoms with van der Waals surface area (Å²) in [4.78, 5) is 19.5. The molecule has 0 N–H and O–H groups in total. The molecule has 0 aromatic carbocycles. The first kappa shape index (κ1) is 22.1. The lowest BCUT2D eigenvalue weighted by molar-refractivity contribution is -0.145. The highest BCUT2D eigenvalue weighted by Crippen LogP contribution is 2.50. The average molecular weight is 441 g/mol. The normalized spacial score (nSPS) is 37.7. The Balaban J connectivity index is 1.17. The highest BCUT2D eigenvalue weighted by molar-refractivity contribution is 5.75. The lowest BCUT2D eigenvalue weighted by Gasteiger charge is -2.34. The van der Waals surface area contributed by atoms with Crippen molar-refractivity contribution in [3.8, 4) is 0 Å². The molecule has 3 aliphatic heterocycles. The fourth-order valence-corrected chi connectivity index (χ4v) is 5.78. The van der Waals surface area contributed by atoms with E-state index in [1.807, 2.05) is 12.3 Å². The maximum absolute atomic E-state index is 12.9. The minimum Gasteiger partial charge on any atom is -0.459 e. The van der Waals surface area contributed by atoms with Crippen LogP contribution < -0.4 is 0 Å². The number of rotatable bonds is 5. The van der Waals surface area contributed by atoms with E-state index >= 15 is 0 Å². The van der Waals surface area contributed by atoms with E-state index in [2.05, 4.69) is 35.9 Å². The standard InChI is InChI=1S/C26H36N2O4/c1-18-5-3-11-26(2)24(32-26)23-21(8-7-18)22(25(29)31-23)16-28-13-9-20(10-14-28)30-17-19-6-4-12-27-15-19/h4-6,12,15,20-24H,3,7-11,13-14,16-17H2,1-2H3/b18-5+/t21-,22-,23-,24+,26+/m0/s1. The SMILES string of the molecule is C/C1=C\CC[C@@]2(C)O[C@@H]2[C@H]2OC(=O)[C@@H](CN3CCC(OCc4cccnc4)CC3)[C@@H]2CC1. The Hall–Kier alpha value is -1.76. The van der Waals surface area contributed by atoms with Gasteiger partial charge in [0.2, 0.25) is 0 Å². The van der Waals surface area contributed by atoms with E-state index in [9.17, 15) is 4.79 Å². The first-order valence-corrected chi connectivity index (χ1v) is 12.3. The number of esters is 1. The average Bonchev–Trinajstić information content (AvgIpc) is 3.37. The number of hydrogen-bond donors (Lipinski definition) is 0. The Bertz CT molecular complexity index is 835. The van der Waals surface area contributed by atoms with Crippen LogP contribution in [-0.2, 0) is 25.6 Å². The number of carbonyl (C=O) groups is 1. The topological polar surface area (TPSA) is 64.2 Å². The van der Waals surface area contributed by atoms with Crippen molar-refractivity contribution in [3.63, 3.8) is 0 Å². The van der Waals surface area contributed by atoms with E-state index in [0.717, 1.165) is 63.7 Å². The van der Waals surface area contributed by atoms with E-state index in [0.29, 0.717) is 6.61 Å². The number of hydrogen-bond acceptors (Lipinski definition) is 6. The van der Waals surface area contributed by atoms with Crippen LogP contribution >= 0.6 is 0 Å². The van der Waals surface area contributed by atoms with Gasteiger partial charge < -0.3 is 19.1 Å². The van der Waals surface area contributed by atoms with Crippen LogP contribution in [0.3, 0.4) is 0 Å². The van der Waals surface area contributed by atoms with Crippen molar-refractivity contribution in [2.45, 2.75) is 82.9 Å². The van der Waals surface area contributed by atoms with E-state index < -0.39 is 0 Å². The first-order chi connectivity index (χ1) is 15.5. The van der Waals surface area contributed by atoms with Gasteiger partial charge in [-0.1, -0.05) is 17.7 Å². The number of nitrogens with zero attached hydrogens (tertiary/aromatic N) is 2. The Kier molecular flexibility index (Phi) is 6.37. The summed E-state index contributed by atoms with van der Waals surface area (Å²) in [5.41, 5.74) is 2.41. The van der Waals surface area contributed by atoms with Gasteiger partial charge in [-0.2, -0.15) is 0 Å². The maximum Gasteiger partial charge on any atom is 0.311 e. The van der Waals surface area contributed by atoms with Crippen molar-refractivity contribution >= 4 is 5.97 Å². The molecule has 0 amide bonds. The van der Waals surface area contributed by atoms with Crippen LogP contribution in [0.15, 0.2) is 36.2 Å². The van der Waals surface area contributed by atoms with Crippen molar-refractivity contribution < 1.29 is 19.0 Å². The van der Waals surface area contributed by atoms with Gasteiger partial charge in [-0.3, -0.25) is 9.78 Å². The quantitative estimate of drug-likeness (QED) is 0.393. The molecular formula is C26H36N2O4. The Labute approximate surface area is 191 Å². The first-order valence-electron chi connectivity index (χ1n) is 12.3. The molecule has 0 radical (unpaired) electrons. The van der Waals surface area contributed by atoms with Gasteiger partial charge in [0.15, 0.2) is 0 Å². The molecule has 3 fully saturated rings. The zero-order valence-corrected chi connectivity index (χ0v) is 19.4. The maximum atomic E-state index is 12.9. The van der Waals surface area contributed by atoms with Crippen LogP contribution in [0.2, 0.25) is 0 Å². The summed E-state index contributed by atoms with van der Waals surface area (Å²) in [6.45, 7) is 7.74. The highest BCUT2D eigenvalue weighted by Gasteiger charge is 2.62. The molecular weight excluding hydrogens is 404 g/mol. The summed E-state index contributed by atoms with van der Waals surface area (Å²) in [7, 11) is 0. The zero-order valence-electron chi connectivity index (χ0n) is 19.4. The number of carbonyl (C=O) groups excluding carboxylic acids is 1. The Morgan fingerprint density at radius 1 is 1.28 bits per heavy atom. The molecule has 4 heterocycles. The molecule has 0 unspecified atom stereocenters. The van der Waals surface area contributed by atoms with Gasteiger partial charge >= 0.3 is 5.97 Å². The van der Waals surface area contributed by atoms with Crippen LogP contribution in [0, 0.1) is 11.8 Å². The second-order valence-electron chi connectivity index (χ2n) is 10.3. The van der Waals surface area contributed by atoms with E-state index in [1.165, 1.54) is 5.57 Å². The van der Waals surface area contributed by atoms with Gasteiger partial charge in [-0.25, -0.2) is 0 Å². The number of aromatic nitrogens is 1. The van der Waals surface area contributed by atoms with Gasteiger partial charge in [0.25, 0.3) is 0 Å². The van der Waals surface area contributed by atoms with Gasteiger partial charge in [-0.15, -0.1) is 0 Å². The lowest BCUT2D eigenvalue weighted by atomic mass is 9.80. The predicted molar refractivity (Wildman–Crippen MR) is 121 cm³/mol. The third kappa shape index (κ3) is 4.78. The van der Waals surface area contributed by atoms with Crippen molar-refractivity contribution in [2.24, 2.45) is 11.8 Å². The van der Waals surface area contributed by atoms with Crippen molar-refractivity contribution in [1.82, 2.24) is 9.88 Å². The second-order valence-corrected chi connectivity index (χ2v) is 10.3. The molecule has 1 aliphatic carbocycles. The van der Waals surface area contributed by atoms with Crippen molar-refractivity contribution in [3.05, 3.63) is 41.7 Å². The minimum atomic E-state index is -0.129. The van der Waals surface area contributed by atoms with Gasteiger partial charge in [0.05, 0.1) is 24.2 Å². The molecule has 32 heavy (non-hydrogen) atoms. The summed E-state index contributed by atoms with van der Waals surface area (Å²) >= 11 is 0. The molecule has 0 spiro atoms. The number of ether oxygens (including phenoxy) is 3. The fourth-order valence-electron chi connectivity index (χ4n) is 5.78. The molecule has 1 aromatic heterocycles. The van der Waals surface area contributed by atoms with E-state index in [4.69, 9.17) is 14.2 Å². The molecule has 0 bridgehead atoms. The summed E-state index contributed by atoms with van der Waals surface area (Å²) in [6.07, 6.45) is 12.4. The number of allylic oxidation sites excluding steroid dienone is 2. The van der Waals surface area contributed by atoms with E-state index in [-0.39, 0.29) is 41.7 Å². The molecule has 0 saturated carbocycles. The van der Waals surface area contributed by atoms with E-state index in [1.54, 1.807) is 6.20 Å². The number of fused-ring (bicyclic) bond motifs is 3. The van der Waals surface area contributed by atoms with Crippen LogP contribution in [0.5, 0.6) is 0 Å². The lowest BCUT2D eigenvalue weighted by Crippen LogP contribution is -2.42. The summed E-state index contributed by atoms with van der Waals surface area (Å²) in [6, 6.07) is 4.00. The van der Waals surface area contributed by atoms with Gasteiger partial charge in [0.1, 0.15) is 12.2 Å². The minimum absolute atomic E-state index is 0.0197. The Morgan fingerprint density at radius 3 is 2.91 bits per heavy atom. The third-order valence-corrected chi connectivity index (χ3v) is 7.94. The molecule has 174 valence electrons. The molecule has 4 aliphatic rings. The number of epoxide rings is 1. The predicted octanol–water partition coefficient (Wildman–Crippen LogP) is 3.90. The largest absolute Gasteiger partial charge is 0.459 e. The monoisotopic (exact) mass is 440 g/mol. The van der Waals surface area contributed by atoms with Crippen LogP contribution in [-0.4, -0.2) is 59.4 Å². The second kappa shape index (κ2) is 9.24. The number of piperidine rings is 1. The molecule has 6 heteroatoms. The molecule has 5 atom stereocenters. The van der Waals surface area contributed by atoms with Crippen LogP contribution in [0.1, 0.15) is 57.9 Å². The zero-order chi connectivity index (χ0) is 22.1. The van der Waals surface area contributed by atoms with Crippen molar-refractivity contribution in [2.75, 3.05) is 19.6 Å². The summed E-state index contributed by atoms with van der Waals surface area (Å²) in [5, 5.41) is 0. The highest BCUT2D eigenvalue weighted by atomic mass is 16.6. The number of likely N-dealkylation sites (tertiary alicyclic amines) is 1. The summed E-state index contributed by atoms with van der Waals surface area (Å²) in [5.74, 6) is 0.178. The third-order valence-electron chi connectivity index (χ3n) is 7.94. The van der Waals surface area contributed by atoms with Gasteiger partial charge in [-0.05, 0) is 64.0 Å². The molecule has 3 saturated heterocycles. The van der Waals surface area contributed by atoms with Crippen LogP contribution in [0.4, 0.5) is 0 Å². The van der Waals surface area contributed by atoms with Crippen LogP contribution in [0.25, 0.3) is 0 Å².